The number of halogens is 2. The topological polar surface area (TPSA) is 86.7 Å². The number of carboxylic acid groups (broad SMARTS) is 1. The molecule has 1 saturated heterocycles. The second-order valence-electron chi connectivity index (χ2n) is 6.66. The molecule has 1 atom stereocenters. The Morgan fingerprint density at radius 3 is 2.68 bits per heavy atom. The molecular weight excluding hydrogens is 367 g/mol. The van der Waals surface area contributed by atoms with E-state index in [1.54, 1.807) is 32.0 Å². The van der Waals surface area contributed by atoms with Crippen LogP contribution in [0.3, 0.4) is 0 Å². The largest absolute Gasteiger partial charge is 0.481 e. The minimum absolute atomic E-state index is 0.194. The third kappa shape index (κ3) is 4.44. The molecule has 1 unspecified atom stereocenters. The molecule has 1 aromatic rings. The quantitative estimate of drug-likeness (QED) is 0.735. The molecule has 8 heteroatoms. The first-order valence-electron chi connectivity index (χ1n) is 7.91. The summed E-state index contributed by atoms with van der Waals surface area (Å²) in [6.45, 7) is 3.74. The summed E-state index contributed by atoms with van der Waals surface area (Å²) in [6, 6.07) is 4.83. The first-order valence-corrected chi connectivity index (χ1v) is 8.66. The highest BCUT2D eigenvalue weighted by Crippen LogP contribution is 2.33. The zero-order valence-electron chi connectivity index (χ0n) is 14.0. The van der Waals surface area contributed by atoms with Crippen LogP contribution in [0.2, 0.25) is 10.0 Å². The average Bonchev–Trinajstić information content (AvgIpc) is 2.91. The van der Waals surface area contributed by atoms with Gasteiger partial charge < -0.3 is 15.3 Å². The third-order valence-corrected chi connectivity index (χ3v) is 4.90. The van der Waals surface area contributed by atoms with Gasteiger partial charge in [0.05, 0.1) is 16.1 Å². The molecule has 6 nitrogen and oxygen atoms in total. The van der Waals surface area contributed by atoms with Crippen LogP contribution in [0, 0.1) is 11.3 Å². The first-order chi connectivity index (χ1) is 11.6. The van der Waals surface area contributed by atoms with Crippen LogP contribution in [0.1, 0.15) is 26.7 Å². The fourth-order valence-corrected chi connectivity index (χ4v) is 2.97. The maximum Gasteiger partial charge on any atom is 0.309 e. The SMILES string of the molecule is CC(C)(CCNC(=O)C1CCN(c2cc(Cl)ccc2Cl)C1=O)C(=O)O. The Morgan fingerprint density at radius 1 is 1.36 bits per heavy atom. The van der Waals surface area contributed by atoms with Gasteiger partial charge in [0, 0.05) is 18.1 Å². The van der Waals surface area contributed by atoms with E-state index in [1.807, 2.05) is 0 Å². The number of hydrogen-bond donors (Lipinski definition) is 2. The number of nitrogens with one attached hydrogen (secondary N) is 1. The number of benzene rings is 1. The standard InChI is InChI=1S/C17H20Cl2N2O4/c1-17(2,16(24)25)6-7-20-14(22)11-5-8-21(15(11)23)13-9-10(18)3-4-12(13)19/h3-4,9,11H,5-8H2,1-2H3,(H,20,22)(H,24,25). The number of carboxylic acids is 1. The first kappa shape index (κ1) is 19.5. The Balaban J connectivity index is 1.98. The maximum atomic E-state index is 12.5. The van der Waals surface area contributed by atoms with E-state index in [9.17, 15) is 14.4 Å². The van der Waals surface area contributed by atoms with Gasteiger partial charge in [0.25, 0.3) is 0 Å². The highest BCUT2D eigenvalue weighted by atomic mass is 35.5. The molecule has 1 aliphatic heterocycles. The van der Waals surface area contributed by atoms with Gasteiger partial charge in [-0.15, -0.1) is 0 Å². The molecule has 2 N–H and O–H groups in total. The highest BCUT2D eigenvalue weighted by Gasteiger charge is 2.38. The van der Waals surface area contributed by atoms with Crippen molar-refractivity contribution in [2.45, 2.75) is 26.7 Å². The molecule has 136 valence electrons. The van der Waals surface area contributed by atoms with E-state index in [-0.39, 0.29) is 18.9 Å². The molecule has 0 bridgehead atoms. The smallest absolute Gasteiger partial charge is 0.309 e. The summed E-state index contributed by atoms with van der Waals surface area (Å²) in [5.74, 6) is -2.46. The van der Waals surface area contributed by atoms with E-state index in [0.717, 1.165) is 0 Å². The Morgan fingerprint density at radius 2 is 2.04 bits per heavy atom. The summed E-state index contributed by atoms with van der Waals surface area (Å²) in [6.07, 6.45) is 0.647. The number of aliphatic carboxylic acids is 1. The van der Waals surface area contributed by atoms with E-state index in [4.69, 9.17) is 28.3 Å². The average molecular weight is 387 g/mol. The predicted molar refractivity (Wildman–Crippen MR) is 96.0 cm³/mol. The van der Waals surface area contributed by atoms with E-state index < -0.39 is 23.2 Å². The number of carbonyl (C=O) groups excluding carboxylic acids is 2. The summed E-state index contributed by atoms with van der Waals surface area (Å²) in [7, 11) is 0. The van der Waals surface area contributed by atoms with Gasteiger partial charge in [-0.3, -0.25) is 14.4 Å². The second kappa shape index (κ2) is 7.62. The predicted octanol–water partition coefficient (Wildman–Crippen LogP) is 2.96. The van der Waals surface area contributed by atoms with Crippen molar-refractivity contribution in [3.8, 4) is 0 Å². The number of nitrogens with zero attached hydrogens (tertiary/aromatic N) is 1. The third-order valence-electron chi connectivity index (χ3n) is 4.35. The van der Waals surface area contributed by atoms with Crippen LogP contribution in [0.5, 0.6) is 0 Å². The monoisotopic (exact) mass is 386 g/mol. The van der Waals surface area contributed by atoms with Crippen LogP contribution in [0.15, 0.2) is 18.2 Å². The lowest BCUT2D eigenvalue weighted by Gasteiger charge is -2.20. The van der Waals surface area contributed by atoms with Crippen LogP contribution in [0.25, 0.3) is 0 Å². The summed E-state index contributed by atoms with van der Waals surface area (Å²) in [4.78, 5) is 37.3. The van der Waals surface area contributed by atoms with Crippen molar-refractivity contribution in [2.24, 2.45) is 11.3 Å². The van der Waals surface area contributed by atoms with Crippen LogP contribution in [-0.4, -0.2) is 36.0 Å². The van der Waals surface area contributed by atoms with Crippen molar-refractivity contribution in [2.75, 3.05) is 18.0 Å². The second-order valence-corrected chi connectivity index (χ2v) is 7.50. The van der Waals surface area contributed by atoms with E-state index in [0.29, 0.717) is 28.7 Å². The number of carbonyl (C=O) groups is 3. The minimum atomic E-state index is -0.937. The van der Waals surface area contributed by atoms with Gasteiger partial charge in [-0.1, -0.05) is 23.2 Å². The molecule has 25 heavy (non-hydrogen) atoms. The van der Waals surface area contributed by atoms with Gasteiger partial charge in [-0.05, 0) is 44.9 Å². The summed E-state index contributed by atoms with van der Waals surface area (Å²) >= 11 is 12.1. The zero-order chi connectivity index (χ0) is 18.8. The van der Waals surface area contributed by atoms with Gasteiger partial charge in [-0.2, -0.15) is 0 Å². The Hall–Kier alpha value is -1.79. The van der Waals surface area contributed by atoms with Crippen molar-refractivity contribution in [3.63, 3.8) is 0 Å². The van der Waals surface area contributed by atoms with Crippen molar-refractivity contribution in [1.82, 2.24) is 5.32 Å². The van der Waals surface area contributed by atoms with Gasteiger partial charge in [0.2, 0.25) is 11.8 Å². The molecule has 0 saturated carbocycles. The fraction of sp³-hybridized carbons (Fsp3) is 0.471. The van der Waals surface area contributed by atoms with Gasteiger partial charge in [0.1, 0.15) is 5.92 Å². The lowest BCUT2D eigenvalue weighted by atomic mass is 9.89. The Bertz CT molecular complexity index is 706. The van der Waals surface area contributed by atoms with Crippen molar-refractivity contribution in [3.05, 3.63) is 28.2 Å². The highest BCUT2D eigenvalue weighted by molar-refractivity contribution is 6.36. The van der Waals surface area contributed by atoms with Crippen molar-refractivity contribution in [1.29, 1.82) is 0 Å². The normalized spacial score (nSPS) is 17.7. The van der Waals surface area contributed by atoms with Crippen molar-refractivity contribution < 1.29 is 19.5 Å². The zero-order valence-corrected chi connectivity index (χ0v) is 15.5. The van der Waals surface area contributed by atoms with Crippen LogP contribution < -0.4 is 10.2 Å². The van der Waals surface area contributed by atoms with Gasteiger partial charge in [0.15, 0.2) is 0 Å². The maximum absolute atomic E-state index is 12.5. The molecule has 0 aliphatic carbocycles. The van der Waals surface area contributed by atoms with Gasteiger partial charge >= 0.3 is 5.97 Å². The molecule has 1 fully saturated rings. The Labute approximate surface area is 156 Å². The molecule has 1 aromatic carbocycles. The van der Waals surface area contributed by atoms with Crippen LogP contribution >= 0.6 is 23.2 Å². The summed E-state index contributed by atoms with van der Waals surface area (Å²) in [5.41, 5.74) is -0.450. The van der Waals surface area contributed by atoms with Crippen molar-refractivity contribution >= 4 is 46.7 Å². The molecule has 0 radical (unpaired) electrons. The minimum Gasteiger partial charge on any atom is -0.481 e. The number of amides is 2. The van der Waals surface area contributed by atoms with Crippen LogP contribution in [0.4, 0.5) is 5.69 Å². The molecular formula is C17H20Cl2N2O4. The lowest BCUT2D eigenvalue weighted by molar-refractivity contribution is -0.147. The number of anilines is 1. The molecule has 1 aliphatic rings. The fourth-order valence-electron chi connectivity index (χ4n) is 2.58. The molecule has 0 aromatic heterocycles. The van der Waals surface area contributed by atoms with E-state index in [1.165, 1.54) is 4.90 Å². The van der Waals surface area contributed by atoms with Gasteiger partial charge in [-0.25, -0.2) is 0 Å². The van der Waals surface area contributed by atoms with Crippen LogP contribution in [-0.2, 0) is 14.4 Å². The molecule has 2 rings (SSSR count). The summed E-state index contributed by atoms with van der Waals surface area (Å²) in [5, 5.41) is 12.6. The lowest BCUT2D eigenvalue weighted by Crippen LogP contribution is -2.39. The Kier molecular flexibility index (Phi) is 5.95. The molecule has 1 heterocycles. The summed E-state index contributed by atoms with van der Waals surface area (Å²) < 4.78 is 0. The molecule has 0 spiro atoms. The molecule has 2 amide bonds. The van der Waals surface area contributed by atoms with E-state index >= 15 is 0 Å². The number of hydrogen-bond acceptors (Lipinski definition) is 3. The number of rotatable bonds is 6. The van der Waals surface area contributed by atoms with E-state index in [2.05, 4.69) is 5.32 Å².